The zero-order chi connectivity index (χ0) is 14.0. The third-order valence-electron chi connectivity index (χ3n) is 2.27. The van der Waals surface area contributed by atoms with Gasteiger partial charge < -0.3 is 0 Å². The number of pyridine rings is 1. The molecule has 0 bridgehead atoms. The average molecular weight is 319 g/mol. The summed E-state index contributed by atoms with van der Waals surface area (Å²) in [5, 5.41) is 28.8. The Labute approximate surface area is 114 Å². The molecule has 0 radical (unpaired) electrons. The number of aromatic nitrogens is 3. The van der Waals surface area contributed by atoms with Gasteiger partial charge in [-0.3, -0.25) is 19.7 Å². The molecule has 2 aromatic rings. The highest BCUT2D eigenvalue weighted by molar-refractivity contribution is 9.10. The van der Waals surface area contributed by atoms with Crippen LogP contribution in [0.25, 0.3) is 5.69 Å². The van der Waals surface area contributed by atoms with Gasteiger partial charge >= 0.3 is 5.69 Å². The smallest absolute Gasteiger partial charge is 0.282 e. The van der Waals surface area contributed by atoms with E-state index in [4.69, 9.17) is 10.5 Å². The van der Waals surface area contributed by atoms with Gasteiger partial charge in [0.2, 0.25) is 0 Å². The maximum atomic E-state index is 11.0. The second kappa shape index (κ2) is 4.84. The van der Waals surface area contributed by atoms with Crippen LogP contribution in [0.3, 0.4) is 0 Å². The van der Waals surface area contributed by atoms with Crippen LogP contribution in [0.4, 0.5) is 5.69 Å². The van der Waals surface area contributed by atoms with E-state index in [1.807, 2.05) is 0 Å². The zero-order valence-corrected chi connectivity index (χ0v) is 10.7. The van der Waals surface area contributed by atoms with E-state index < -0.39 is 4.92 Å². The first-order valence-corrected chi connectivity index (χ1v) is 5.55. The second-order valence-electron chi connectivity index (χ2n) is 3.28. The number of nitriles is 2. The van der Waals surface area contributed by atoms with E-state index in [1.54, 1.807) is 12.1 Å². The van der Waals surface area contributed by atoms with Crippen LogP contribution in [-0.2, 0) is 0 Å². The van der Waals surface area contributed by atoms with E-state index in [1.165, 1.54) is 17.1 Å². The standard InChI is InChI=1S/C10H3BrN6O2/c11-6-3-14-4-9(17(18)19)10(6)16-5-15-7(1-12)8(16)2-13/h3-5H. The fraction of sp³-hybridized carbons (Fsp3) is 0. The Bertz CT molecular complexity index is 754. The van der Waals surface area contributed by atoms with Crippen LogP contribution < -0.4 is 0 Å². The van der Waals surface area contributed by atoms with Gasteiger partial charge in [-0.25, -0.2) is 4.98 Å². The minimum Gasteiger partial charge on any atom is -0.282 e. The van der Waals surface area contributed by atoms with Crippen molar-refractivity contribution in [3.8, 4) is 17.8 Å². The Morgan fingerprint density at radius 2 is 2.11 bits per heavy atom. The maximum absolute atomic E-state index is 11.0. The molecule has 0 N–H and O–H groups in total. The predicted molar refractivity (Wildman–Crippen MR) is 65.1 cm³/mol. The lowest BCUT2D eigenvalue weighted by atomic mass is 10.3. The summed E-state index contributed by atoms with van der Waals surface area (Å²) >= 11 is 3.14. The number of halogens is 1. The maximum Gasteiger partial charge on any atom is 0.312 e. The van der Waals surface area contributed by atoms with Crippen molar-refractivity contribution < 1.29 is 4.92 Å². The van der Waals surface area contributed by atoms with Crippen LogP contribution in [0.2, 0.25) is 0 Å². The van der Waals surface area contributed by atoms with E-state index in [0.29, 0.717) is 4.47 Å². The lowest BCUT2D eigenvalue weighted by Crippen LogP contribution is -2.03. The SMILES string of the molecule is N#Cc1ncn(-c2c(Br)cncc2[N+](=O)[O-])c1C#N. The highest BCUT2D eigenvalue weighted by atomic mass is 79.9. The molecule has 0 aliphatic carbocycles. The first-order valence-electron chi connectivity index (χ1n) is 4.76. The Kier molecular flexibility index (Phi) is 3.23. The summed E-state index contributed by atoms with van der Waals surface area (Å²) < 4.78 is 1.50. The lowest BCUT2D eigenvalue weighted by Gasteiger charge is -2.06. The molecule has 0 aromatic carbocycles. The number of nitrogens with zero attached hydrogens (tertiary/aromatic N) is 6. The minimum atomic E-state index is -0.625. The van der Waals surface area contributed by atoms with Crippen LogP contribution in [-0.4, -0.2) is 19.5 Å². The summed E-state index contributed by atoms with van der Waals surface area (Å²) in [4.78, 5) is 17.8. The quantitative estimate of drug-likeness (QED) is 0.613. The zero-order valence-electron chi connectivity index (χ0n) is 9.11. The van der Waals surface area contributed by atoms with Gasteiger partial charge in [0.1, 0.15) is 30.3 Å². The van der Waals surface area contributed by atoms with Crippen molar-refractivity contribution in [1.82, 2.24) is 14.5 Å². The molecular weight excluding hydrogens is 316 g/mol. The third kappa shape index (κ3) is 2.03. The lowest BCUT2D eigenvalue weighted by molar-refractivity contribution is -0.385. The number of hydrogen-bond acceptors (Lipinski definition) is 6. The van der Waals surface area contributed by atoms with E-state index in [9.17, 15) is 10.1 Å². The summed E-state index contributed by atoms with van der Waals surface area (Å²) in [7, 11) is 0. The van der Waals surface area contributed by atoms with Gasteiger partial charge in [-0.2, -0.15) is 10.5 Å². The Balaban J connectivity index is 2.81. The van der Waals surface area contributed by atoms with Gasteiger partial charge in [0.25, 0.3) is 0 Å². The normalized spacial score (nSPS) is 9.63. The van der Waals surface area contributed by atoms with E-state index >= 15 is 0 Å². The summed E-state index contributed by atoms with van der Waals surface area (Å²) in [6.07, 6.45) is 3.60. The van der Waals surface area contributed by atoms with Gasteiger partial charge in [0.15, 0.2) is 11.4 Å². The molecule has 0 amide bonds. The van der Waals surface area contributed by atoms with Crippen LogP contribution >= 0.6 is 15.9 Å². The van der Waals surface area contributed by atoms with Gasteiger partial charge in [-0.05, 0) is 15.9 Å². The number of rotatable bonds is 2. The molecule has 92 valence electrons. The molecule has 2 aromatic heterocycles. The molecule has 8 nitrogen and oxygen atoms in total. The van der Waals surface area contributed by atoms with Crippen molar-refractivity contribution >= 4 is 21.6 Å². The molecule has 0 fully saturated rings. The number of nitro groups is 1. The molecule has 9 heteroatoms. The molecule has 0 saturated carbocycles. The van der Waals surface area contributed by atoms with Crippen molar-refractivity contribution in [2.75, 3.05) is 0 Å². The van der Waals surface area contributed by atoms with Gasteiger partial charge in [0.05, 0.1) is 9.40 Å². The van der Waals surface area contributed by atoms with Crippen molar-refractivity contribution in [2.45, 2.75) is 0 Å². The highest BCUT2D eigenvalue weighted by Crippen LogP contribution is 2.30. The molecule has 2 rings (SSSR count). The van der Waals surface area contributed by atoms with Crippen LogP contribution in [0.5, 0.6) is 0 Å². The van der Waals surface area contributed by atoms with E-state index in [-0.39, 0.29) is 22.8 Å². The van der Waals surface area contributed by atoms with Gasteiger partial charge in [-0.1, -0.05) is 0 Å². The monoisotopic (exact) mass is 318 g/mol. The van der Waals surface area contributed by atoms with E-state index in [0.717, 1.165) is 6.20 Å². The summed E-state index contributed by atoms with van der Waals surface area (Å²) in [5.74, 6) is 0. The van der Waals surface area contributed by atoms with Gasteiger partial charge in [-0.15, -0.1) is 0 Å². The molecule has 0 unspecified atom stereocenters. The summed E-state index contributed by atoms with van der Waals surface area (Å²) in [6.45, 7) is 0. The highest BCUT2D eigenvalue weighted by Gasteiger charge is 2.23. The molecule has 0 aliphatic heterocycles. The Hall–Kier alpha value is -2.78. The van der Waals surface area contributed by atoms with Crippen molar-refractivity contribution in [1.29, 1.82) is 10.5 Å². The van der Waals surface area contributed by atoms with Crippen LogP contribution in [0.1, 0.15) is 11.4 Å². The number of imidazole rings is 1. The molecule has 2 heterocycles. The molecule has 0 aliphatic rings. The molecule has 19 heavy (non-hydrogen) atoms. The van der Waals surface area contributed by atoms with Crippen LogP contribution in [0, 0.1) is 32.8 Å². The second-order valence-corrected chi connectivity index (χ2v) is 4.14. The predicted octanol–water partition coefficient (Wildman–Crippen LogP) is 1.68. The van der Waals surface area contributed by atoms with Crippen LogP contribution in [0.15, 0.2) is 23.2 Å². The summed E-state index contributed by atoms with van der Waals surface area (Å²) in [6, 6.07) is 3.55. The van der Waals surface area contributed by atoms with Crippen molar-refractivity contribution in [3.63, 3.8) is 0 Å². The fourth-order valence-electron chi connectivity index (χ4n) is 1.50. The Morgan fingerprint density at radius 1 is 1.37 bits per heavy atom. The largest absolute Gasteiger partial charge is 0.312 e. The summed E-state index contributed by atoms with van der Waals surface area (Å²) in [5.41, 5.74) is -0.365. The first-order chi connectivity index (χ1) is 9.10. The minimum absolute atomic E-state index is 0.0718. The third-order valence-corrected chi connectivity index (χ3v) is 2.85. The van der Waals surface area contributed by atoms with Gasteiger partial charge in [0, 0.05) is 6.20 Å². The van der Waals surface area contributed by atoms with E-state index in [2.05, 4.69) is 25.9 Å². The first kappa shape index (κ1) is 12.7. The topological polar surface area (TPSA) is 121 Å². The molecule has 0 spiro atoms. The fourth-order valence-corrected chi connectivity index (χ4v) is 2.01. The molecule has 0 atom stereocenters. The van der Waals surface area contributed by atoms with Crippen molar-refractivity contribution in [2.24, 2.45) is 0 Å². The molecule has 0 saturated heterocycles. The average Bonchev–Trinajstić information content (AvgIpc) is 2.80. The van der Waals surface area contributed by atoms with Crippen molar-refractivity contribution in [3.05, 3.63) is 44.7 Å². The number of hydrogen-bond donors (Lipinski definition) is 0. The molecular formula is C10H3BrN6O2. The Morgan fingerprint density at radius 3 is 2.68 bits per heavy atom.